The lowest BCUT2D eigenvalue weighted by Gasteiger charge is -2.53. The second-order valence-electron chi connectivity index (χ2n) is 12.9. The zero-order chi connectivity index (χ0) is 30.7. The molecule has 9 heteroatoms. The summed E-state index contributed by atoms with van der Waals surface area (Å²) in [6, 6.07) is 9.11. The lowest BCUT2D eigenvalue weighted by molar-refractivity contribution is -0.136. The number of amides is 2. The molecular weight excluding hydrogens is 554 g/mol. The van der Waals surface area contributed by atoms with Crippen LogP contribution in [0.1, 0.15) is 51.9 Å². The van der Waals surface area contributed by atoms with Gasteiger partial charge in [0.15, 0.2) is 0 Å². The molecular formula is C35H45N5O4. The molecule has 6 rings (SSSR count). The van der Waals surface area contributed by atoms with Crippen LogP contribution in [-0.2, 0) is 6.54 Å². The maximum atomic E-state index is 14.0. The fraction of sp³-hybridized carbons (Fsp3) is 0.514. The van der Waals surface area contributed by atoms with E-state index >= 15 is 0 Å². The van der Waals surface area contributed by atoms with Crippen LogP contribution in [0.5, 0.6) is 5.75 Å². The maximum absolute atomic E-state index is 14.0. The second-order valence-corrected chi connectivity index (χ2v) is 12.9. The van der Waals surface area contributed by atoms with E-state index in [9.17, 15) is 14.7 Å². The minimum absolute atomic E-state index is 0.000627. The SMILES string of the molecule is C=C(/C=C\C=C/C)[C@@H]1CNCCN1C(=O)N1CC[C@@](O)(Cn2cnc(-c3ccccc3OC3CC3)cc2=O)C2(CCCC2)C1. The van der Waals surface area contributed by atoms with Crippen molar-refractivity contribution in [1.82, 2.24) is 24.7 Å². The van der Waals surface area contributed by atoms with Crippen LogP contribution >= 0.6 is 0 Å². The van der Waals surface area contributed by atoms with E-state index in [0.717, 1.165) is 62.0 Å². The summed E-state index contributed by atoms with van der Waals surface area (Å²) in [6.45, 7) is 9.30. The number of nitrogens with one attached hydrogen (secondary N) is 1. The molecule has 2 saturated carbocycles. The Balaban J connectivity index is 1.20. The number of piperidine rings is 1. The van der Waals surface area contributed by atoms with Crippen molar-refractivity contribution in [3.8, 4) is 17.0 Å². The van der Waals surface area contributed by atoms with Gasteiger partial charge in [-0.1, -0.05) is 55.9 Å². The summed E-state index contributed by atoms with van der Waals surface area (Å²) in [5.41, 5.74) is 0.457. The van der Waals surface area contributed by atoms with Crippen molar-refractivity contribution in [1.29, 1.82) is 0 Å². The number of nitrogens with zero attached hydrogens (tertiary/aromatic N) is 4. The van der Waals surface area contributed by atoms with E-state index in [1.54, 1.807) is 17.0 Å². The van der Waals surface area contributed by atoms with Gasteiger partial charge in [0.2, 0.25) is 0 Å². The molecule has 2 aromatic rings. The second kappa shape index (κ2) is 12.7. The molecule has 2 N–H and O–H groups in total. The fourth-order valence-corrected chi connectivity index (χ4v) is 7.23. The Bertz CT molecular complexity index is 1490. The normalized spacial score (nSPS) is 25.3. The van der Waals surface area contributed by atoms with Crippen LogP contribution in [0.15, 0.2) is 77.9 Å². The molecule has 4 aliphatic rings. The molecule has 0 radical (unpaired) electrons. The molecule has 4 fully saturated rings. The molecule has 2 amide bonds. The minimum Gasteiger partial charge on any atom is -0.490 e. The molecule has 3 heterocycles. The quantitative estimate of drug-likeness (QED) is 0.433. The average molecular weight is 600 g/mol. The molecule has 1 spiro atoms. The summed E-state index contributed by atoms with van der Waals surface area (Å²) in [5.74, 6) is 0.740. The van der Waals surface area contributed by atoms with Gasteiger partial charge in [0.05, 0.1) is 36.3 Å². The van der Waals surface area contributed by atoms with Crippen molar-refractivity contribution < 1.29 is 14.6 Å². The topological polar surface area (TPSA) is 99.9 Å². The highest BCUT2D eigenvalue weighted by Crippen LogP contribution is 2.51. The van der Waals surface area contributed by atoms with Crippen LogP contribution in [0.3, 0.4) is 0 Å². The summed E-state index contributed by atoms with van der Waals surface area (Å²) in [4.78, 5) is 36.0. The predicted molar refractivity (Wildman–Crippen MR) is 171 cm³/mol. The first-order valence-electron chi connectivity index (χ1n) is 16.1. The third-order valence-corrected chi connectivity index (χ3v) is 9.93. The van der Waals surface area contributed by atoms with Gasteiger partial charge in [-0.25, -0.2) is 9.78 Å². The zero-order valence-electron chi connectivity index (χ0n) is 25.8. The van der Waals surface area contributed by atoms with Crippen molar-refractivity contribution in [2.75, 3.05) is 32.7 Å². The minimum atomic E-state index is -1.12. The number of urea groups is 1. The molecule has 2 aliphatic heterocycles. The molecule has 9 nitrogen and oxygen atoms in total. The Labute approximate surface area is 259 Å². The van der Waals surface area contributed by atoms with Crippen molar-refractivity contribution in [2.45, 2.75) is 76.2 Å². The van der Waals surface area contributed by atoms with Crippen molar-refractivity contribution >= 4 is 6.03 Å². The molecule has 234 valence electrons. The molecule has 1 aromatic carbocycles. The van der Waals surface area contributed by atoms with Gasteiger partial charge in [-0.05, 0) is 56.7 Å². The van der Waals surface area contributed by atoms with E-state index in [0.29, 0.717) is 38.3 Å². The standard InChI is InChI=1S/C35H45N5O4/c1-3-4-5-10-26(2)30-22-36-18-20-40(30)33(42)38-19-17-35(43,34(23-38)15-8-9-16-34)24-39-25-37-29(21-32(39)41)28-11-6-7-12-31(28)44-27-13-14-27/h3-7,10-12,21,25,27,30,36,43H,2,8-9,13-20,22-24H2,1H3/b4-3-,10-5-/t30-,35+/m0/s1. The number of likely N-dealkylation sites (tertiary alicyclic amines) is 1. The molecule has 2 atom stereocenters. The Hall–Kier alpha value is -3.69. The van der Waals surface area contributed by atoms with Crippen LogP contribution in [0.4, 0.5) is 4.79 Å². The van der Waals surface area contributed by atoms with Crippen molar-refractivity contribution in [3.63, 3.8) is 0 Å². The van der Waals surface area contributed by atoms with Gasteiger partial charge in [0.1, 0.15) is 5.75 Å². The number of ether oxygens (including phenoxy) is 1. The fourth-order valence-electron chi connectivity index (χ4n) is 7.23. The number of hydrogen-bond acceptors (Lipinski definition) is 6. The van der Waals surface area contributed by atoms with Crippen LogP contribution < -0.4 is 15.6 Å². The highest BCUT2D eigenvalue weighted by molar-refractivity contribution is 5.76. The third-order valence-electron chi connectivity index (χ3n) is 9.93. The molecule has 2 aliphatic carbocycles. The Morgan fingerprint density at radius 3 is 2.73 bits per heavy atom. The van der Waals surface area contributed by atoms with Crippen LogP contribution in [0.25, 0.3) is 11.3 Å². The summed E-state index contributed by atoms with van der Waals surface area (Å²) >= 11 is 0. The zero-order valence-corrected chi connectivity index (χ0v) is 25.8. The largest absolute Gasteiger partial charge is 0.490 e. The molecule has 44 heavy (non-hydrogen) atoms. The molecule has 1 aromatic heterocycles. The van der Waals surface area contributed by atoms with Crippen molar-refractivity contribution in [2.24, 2.45) is 5.41 Å². The summed E-state index contributed by atoms with van der Waals surface area (Å²) in [7, 11) is 0. The number of rotatable bonds is 8. The first kappa shape index (κ1) is 30.3. The van der Waals surface area contributed by atoms with E-state index in [-0.39, 0.29) is 30.3 Å². The highest BCUT2D eigenvalue weighted by atomic mass is 16.5. The predicted octanol–water partition coefficient (Wildman–Crippen LogP) is 4.53. The van der Waals surface area contributed by atoms with E-state index < -0.39 is 11.0 Å². The van der Waals surface area contributed by atoms with Crippen molar-refractivity contribution in [3.05, 3.63) is 83.5 Å². The summed E-state index contributed by atoms with van der Waals surface area (Å²) in [6.07, 6.45) is 15.8. The summed E-state index contributed by atoms with van der Waals surface area (Å²) < 4.78 is 7.60. The third kappa shape index (κ3) is 6.13. The monoisotopic (exact) mass is 599 g/mol. The smallest absolute Gasteiger partial charge is 0.320 e. The van der Waals surface area contributed by atoms with E-state index in [4.69, 9.17) is 4.74 Å². The van der Waals surface area contributed by atoms with Crippen LogP contribution in [0, 0.1) is 5.41 Å². The number of carbonyl (C=O) groups is 1. The Kier molecular flexibility index (Phi) is 8.78. The van der Waals surface area contributed by atoms with Gasteiger partial charge in [0, 0.05) is 49.8 Å². The number of aliphatic hydroxyl groups is 1. The van der Waals surface area contributed by atoms with E-state index in [1.807, 2.05) is 65.3 Å². The Morgan fingerprint density at radius 1 is 1.18 bits per heavy atom. The number of aromatic nitrogens is 2. The van der Waals surface area contributed by atoms with Gasteiger partial charge in [0.25, 0.3) is 5.56 Å². The van der Waals surface area contributed by atoms with Gasteiger partial charge < -0.3 is 25.0 Å². The van der Waals surface area contributed by atoms with E-state index in [1.165, 1.54) is 0 Å². The van der Waals surface area contributed by atoms with Gasteiger partial charge in [-0.2, -0.15) is 0 Å². The van der Waals surface area contributed by atoms with Crippen LogP contribution in [-0.4, -0.2) is 81.0 Å². The van der Waals surface area contributed by atoms with Crippen LogP contribution in [0.2, 0.25) is 0 Å². The molecule has 2 saturated heterocycles. The lowest BCUT2D eigenvalue weighted by atomic mass is 9.66. The van der Waals surface area contributed by atoms with Gasteiger partial charge in [-0.15, -0.1) is 0 Å². The number of allylic oxidation sites excluding steroid dienone is 3. The lowest BCUT2D eigenvalue weighted by Crippen LogP contribution is -2.65. The average Bonchev–Trinajstić information content (AvgIpc) is 3.73. The van der Waals surface area contributed by atoms with Gasteiger partial charge in [-0.3, -0.25) is 9.36 Å². The molecule has 0 unspecified atom stereocenters. The highest BCUT2D eigenvalue weighted by Gasteiger charge is 2.56. The maximum Gasteiger partial charge on any atom is 0.320 e. The number of piperazine rings is 1. The number of hydrogen-bond donors (Lipinski definition) is 2. The number of carbonyl (C=O) groups excluding carboxylic acids is 1. The van der Waals surface area contributed by atoms with E-state index in [2.05, 4.69) is 16.9 Å². The first-order chi connectivity index (χ1) is 21.3. The Morgan fingerprint density at radius 2 is 1.98 bits per heavy atom. The molecule has 0 bridgehead atoms. The number of para-hydroxylation sites is 1. The van der Waals surface area contributed by atoms with Gasteiger partial charge >= 0.3 is 6.03 Å². The summed E-state index contributed by atoms with van der Waals surface area (Å²) in [5, 5.41) is 15.7. The number of benzene rings is 1. The first-order valence-corrected chi connectivity index (χ1v) is 16.1.